The van der Waals surface area contributed by atoms with E-state index in [-0.39, 0.29) is 36.4 Å². The first-order valence-corrected chi connectivity index (χ1v) is 10.9. The molecule has 27 heavy (non-hydrogen) atoms. The molecule has 1 aliphatic heterocycles. The normalized spacial score (nSPS) is 22.3. The maximum Gasteiger partial charge on any atom is 0.279 e. The minimum absolute atomic E-state index is 0.0305. The van der Waals surface area contributed by atoms with Gasteiger partial charge in [0.15, 0.2) is 22.9 Å². The largest absolute Gasteiger partial charge is 0.345 e. The molecule has 1 fully saturated rings. The van der Waals surface area contributed by atoms with Gasteiger partial charge in [-0.1, -0.05) is 17.7 Å². The summed E-state index contributed by atoms with van der Waals surface area (Å²) in [5.41, 5.74) is 3.25. The molecule has 1 aliphatic rings. The van der Waals surface area contributed by atoms with Crippen molar-refractivity contribution in [3.63, 3.8) is 0 Å². The van der Waals surface area contributed by atoms with Crippen molar-refractivity contribution >= 4 is 27.3 Å². The fourth-order valence-corrected chi connectivity index (χ4v) is 5.75. The molecule has 8 heteroatoms. The summed E-state index contributed by atoms with van der Waals surface area (Å²) in [6, 6.07) is 4.03. The summed E-state index contributed by atoms with van der Waals surface area (Å²) in [6.45, 7) is 7.93. The van der Waals surface area contributed by atoms with Crippen LogP contribution in [0.25, 0.3) is 0 Å². The Bertz CT molecular complexity index is 828. The fourth-order valence-electron chi connectivity index (χ4n) is 3.66. The van der Waals surface area contributed by atoms with Gasteiger partial charge in [0.25, 0.3) is 11.8 Å². The standard InChI is InChI=1S/C19H29N3O4S/c1-13-8-14(2)18(15(3)9-13)20-16(23)10-22(5)11-17(24)21-19(4)6-7-27(25,26)12-19/h8-9H,6-7,10-12H2,1-5H3,(H,20,23)(H,21,24)/p+1/t19-/m1/s1. The van der Waals surface area contributed by atoms with E-state index < -0.39 is 15.4 Å². The summed E-state index contributed by atoms with van der Waals surface area (Å²) in [6.07, 6.45) is 0.423. The second kappa shape index (κ2) is 7.98. The van der Waals surface area contributed by atoms with Crippen LogP contribution in [0.5, 0.6) is 0 Å². The average Bonchev–Trinajstić information content (AvgIpc) is 2.75. The van der Waals surface area contributed by atoms with Gasteiger partial charge >= 0.3 is 0 Å². The van der Waals surface area contributed by atoms with Gasteiger partial charge in [-0.2, -0.15) is 0 Å². The predicted molar refractivity (Wildman–Crippen MR) is 106 cm³/mol. The van der Waals surface area contributed by atoms with Crippen molar-refractivity contribution in [3.8, 4) is 0 Å². The van der Waals surface area contributed by atoms with Crippen LogP contribution in [0.3, 0.4) is 0 Å². The van der Waals surface area contributed by atoms with E-state index in [0.717, 1.165) is 27.3 Å². The van der Waals surface area contributed by atoms with Crippen LogP contribution in [0.15, 0.2) is 12.1 Å². The molecule has 1 heterocycles. The quantitative estimate of drug-likeness (QED) is 0.618. The van der Waals surface area contributed by atoms with Gasteiger partial charge < -0.3 is 15.5 Å². The topological polar surface area (TPSA) is 96.8 Å². The maximum atomic E-state index is 12.3. The van der Waals surface area contributed by atoms with E-state index in [0.29, 0.717) is 6.42 Å². The van der Waals surface area contributed by atoms with Crippen molar-refractivity contribution in [1.82, 2.24) is 5.32 Å². The van der Waals surface area contributed by atoms with E-state index in [1.54, 1.807) is 14.0 Å². The predicted octanol–water partition coefficient (Wildman–Crippen LogP) is -0.242. The summed E-state index contributed by atoms with van der Waals surface area (Å²) >= 11 is 0. The third-order valence-corrected chi connectivity index (χ3v) is 6.71. The number of hydrogen-bond acceptors (Lipinski definition) is 4. The van der Waals surface area contributed by atoms with Gasteiger partial charge in [-0.05, 0) is 45.2 Å². The number of likely N-dealkylation sites (N-methyl/N-ethyl adjacent to an activating group) is 1. The Hall–Kier alpha value is -1.93. The van der Waals surface area contributed by atoms with Crippen LogP contribution < -0.4 is 15.5 Å². The molecule has 0 bridgehead atoms. The molecule has 1 saturated heterocycles. The van der Waals surface area contributed by atoms with E-state index in [2.05, 4.69) is 10.6 Å². The van der Waals surface area contributed by atoms with Gasteiger partial charge in [-0.3, -0.25) is 9.59 Å². The zero-order chi connectivity index (χ0) is 20.4. The molecule has 0 aliphatic carbocycles. The lowest BCUT2D eigenvalue weighted by Gasteiger charge is -2.24. The first-order valence-electron chi connectivity index (χ1n) is 9.09. The molecular formula is C19H30N3O4S+. The Balaban J connectivity index is 1.87. The Morgan fingerprint density at radius 3 is 2.19 bits per heavy atom. The summed E-state index contributed by atoms with van der Waals surface area (Å²) in [4.78, 5) is 25.3. The maximum absolute atomic E-state index is 12.3. The molecule has 0 saturated carbocycles. The number of quaternary nitrogens is 1. The third-order valence-electron chi connectivity index (χ3n) is 4.81. The molecule has 7 nitrogen and oxygen atoms in total. The molecule has 2 rings (SSSR count). The Morgan fingerprint density at radius 2 is 1.67 bits per heavy atom. The number of benzene rings is 1. The van der Waals surface area contributed by atoms with Crippen LogP contribution in [0.4, 0.5) is 5.69 Å². The first kappa shape index (κ1) is 21.4. The Labute approximate surface area is 161 Å². The number of anilines is 1. The SMILES string of the molecule is Cc1cc(C)c(NC(=O)C[NH+](C)CC(=O)N[C@]2(C)CCS(=O)(=O)C2)c(C)c1. The molecule has 150 valence electrons. The van der Waals surface area contributed by atoms with Gasteiger partial charge in [0.2, 0.25) is 0 Å². The zero-order valence-electron chi connectivity index (χ0n) is 16.7. The number of hydrogen-bond donors (Lipinski definition) is 3. The van der Waals surface area contributed by atoms with Crippen molar-refractivity contribution in [2.45, 2.75) is 39.7 Å². The van der Waals surface area contributed by atoms with Crippen molar-refractivity contribution in [2.24, 2.45) is 0 Å². The number of carbonyl (C=O) groups excluding carboxylic acids is 2. The minimum Gasteiger partial charge on any atom is -0.345 e. The monoisotopic (exact) mass is 396 g/mol. The number of carbonyl (C=O) groups is 2. The summed E-state index contributed by atoms with van der Waals surface area (Å²) in [5, 5.41) is 5.75. The summed E-state index contributed by atoms with van der Waals surface area (Å²) < 4.78 is 23.3. The molecule has 3 N–H and O–H groups in total. The zero-order valence-corrected chi connectivity index (χ0v) is 17.5. The number of aryl methyl sites for hydroxylation is 3. The highest BCUT2D eigenvalue weighted by atomic mass is 32.2. The van der Waals surface area contributed by atoms with Gasteiger partial charge in [0, 0.05) is 5.69 Å². The summed E-state index contributed by atoms with van der Waals surface area (Å²) in [7, 11) is -1.31. The number of amides is 2. The lowest BCUT2D eigenvalue weighted by Crippen LogP contribution is -3.11. The second-order valence-electron chi connectivity index (χ2n) is 8.08. The van der Waals surface area contributed by atoms with Crippen LogP contribution in [-0.4, -0.2) is 57.4 Å². The van der Waals surface area contributed by atoms with Crippen LogP contribution in [0.2, 0.25) is 0 Å². The van der Waals surface area contributed by atoms with Crippen LogP contribution in [0, 0.1) is 20.8 Å². The van der Waals surface area contributed by atoms with Gasteiger partial charge in [0.05, 0.1) is 24.1 Å². The number of rotatable bonds is 6. The number of nitrogens with one attached hydrogen (secondary N) is 3. The Morgan fingerprint density at radius 1 is 1.11 bits per heavy atom. The van der Waals surface area contributed by atoms with Gasteiger partial charge in [0.1, 0.15) is 0 Å². The number of sulfone groups is 1. The molecule has 0 radical (unpaired) electrons. The minimum atomic E-state index is -3.08. The molecule has 2 atom stereocenters. The second-order valence-corrected chi connectivity index (χ2v) is 10.3. The van der Waals surface area contributed by atoms with E-state index in [1.165, 1.54) is 0 Å². The van der Waals surface area contributed by atoms with Crippen LogP contribution in [-0.2, 0) is 19.4 Å². The van der Waals surface area contributed by atoms with Crippen molar-refractivity contribution in [2.75, 3.05) is 37.0 Å². The van der Waals surface area contributed by atoms with E-state index in [4.69, 9.17) is 0 Å². The molecule has 2 amide bonds. The van der Waals surface area contributed by atoms with Crippen LogP contribution in [0.1, 0.15) is 30.0 Å². The lowest BCUT2D eigenvalue weighted by atomic mass is 10.0. The highest BCUT2D eigenvalue weighted by Gasteiger charge is 2.39. The summed E-state index contributed by atoms with van der Waals surface area (Å²) in [5.74, 6) is -0.339. The third kappa shape index (κ3) is 6.04. The molecule has 0 aromatic heterocycles. The van der Waals surface area contributed by atoms with Gasteiger partial charge in [-0.25, -0.2) is 8.42 Å². The molecule has 1 unspecified atom stereocenters. The van der Waals surface area contributed by atoms with Gasteiger partial charge in [-0.15, -0.1) is 0 Å². The fraction of sp³-hybridized carbons (Fsp3) is 0.579. The molecule has 1 aromatic rings. The van der Waals surface area contributed by atoms with E-state index in [9.17, 15) is 18.0 Å². The first-order chi connectivity index (χ1) is 12.4. The van der Waals surface area contributed by atoms with E-state index in [1.807, 2.05) is 32.9 Å². The average molecular weight is 397 g/mol. The highest BCUT2D eigenvalue weighted by molar-refractivity contribution is 7.91. The Kier molecular flexibility index (Phi) is 6.32. The molecular weight excluding hydrogens is 366 g/mol. The molecule has 0 spiro atoms. The van der Waals surface area contributed by atoms with Crippen molar-refractivity contribution in [3.05, 3.63) is 28.8 Å². The lowest BCUT2D eigenvalue weighted by molar-refractivity contribution is -0.862. The molecule has 1 aromatic carbocycles. The highest BCUT2D eigenvalue weighted by Crippen LogP contribution is 2.23. The smallest absolute Gasteiger partial charge is 0.279 e. The van der Waals surface area contributed by atoms with Crippen LogP contribution >= 0.6 is 0 Å². The van der Waals surface area contributed by atoms with Crippen molar-refractivity contribution in [1.29, 1.82) is 0 Å². The van der Waals surface area contributed by atoms with Crippen molar-refractivity contribution < 1.29 is 22.9 Å². The van der Waals surface area contributed by atoms with E-state index >= 15 is 0 Å².